The van der Waals surface area contributed by atoms with Crippen LogP contribution in [-0.2, 0) is 32.6 Å². The summed E-state index contributed by atoms with van der Waals surface area (Å²) in [5.41, 5.74) is 2.16. The van der Waals surface area contributed by atoms with Gasteiger partial charge in [0.15, 0.2) is 0 Å². The number of sulfonamides is 1. The number of hydrogen-bond donors (Lipinski definition) is 1. The summed E-state index contributed by atoms with van der Waals surface area (Å²) in [6.07, 6.45) is 3.52. The summed E-state index contributed by atoms with van der Waals surface area (Å²) in [4.78, 5) is 29.2. The number of nitrogens with zero attached hydrogens (tertiary/aromatic N) is 2. The first-order valence-electron chi connectivity index (χ1n) is 14.5. The second kappa shape index (κ2) is 16.6. The Bertz CT molecular complexity index is 1430. The summed E-state index contributed by atoms with van der Waals surface area (Å²) in [5, 5.41) is 3.02. The van der Waals surface area contributed by atoms with E-state index in [4.69, 9.17) is 9.47 Å². The molecule has 10 heteroatoms. The van der Waals surface area contributed by atoms with Crippen LogP contribution in [0.1, 0.15) is 43.7 Å². The lowest BCUT2D eigenvalue weighted by Crippen LogP contribution is -2.50. The smallest absolute Gasteiger partial charge is 0.243 e. The SMILES string of the molecule is CCCCNC(=O)[C@@H](Cc1ccccc1)N(Cc1cccc(OC)c1)C(=O)CCCN(c1ccccc1OC)S(C)(=O)=O. The maximum Gasteiger partial charge on any atom is 0.243 e. The lowest BCUT2D eigenvalue weighted by molar-refractivity contribution is -0.141. The van der Waals surface area contributed by atoms with Crippen LogP contribution in [-0.4, -0.2) is 64.7 Å². The molecule has 43 heavy (non-hydrogen) atoms. The monoisotopic (exact) mass is 609 g/mol. The number of rotatable bonds is 17. The summed E-state index contributed by atoms with van der Waals surface area (Å²) in [6, 6.07) is 23.1. The minimum Gasteiger partial charge on any atom is -0.497 e. The van der Waals surface area contributed by atoms with Crippen LogP contribution in [0.4, 0.5) is 5.69 Å². The molecule has 1 N–H and O–H groups in total. The van der Waals surface area contributed by atoms with Crippen molar-refractivity contribution in [3.8, 4) is 11.5 Å². The van der Waals surface area contributed by atoms with Gasteiger partial charge >= 0.3 is 0 Å². The molecule has 3 aromatic rings. The molecular formula is C33H43N3O6S. The fraction of sp³-hybridized carbons (Fsp3) is 0.394. The Hall–Kier alpha value is -4.05. The molecule has 2 amide bonds. The first-order valence-corrected chi connectivity index (χ1v) is 16.4. The molecule has 0 radical (unpaired) electrons. The highest BCUT2D eigenvalue weighted by molar-refractivity contribution is 7.92. The highest BCUT2D eigenvalue weighted by Gasteiger charge is 2.30. The Morgan fingerprint density at radius 2 is 1.58 bits per heavy atom. The quantitative estimate of drug-likeness (QED) is 0.220. The van der Waals surface area contributed by atoms with Gasteiger partial charge in [-0.1, -0.05) is 67.9 Å². The number of unbranched alkanes of at least 4 members (excludes halogenated alkanes) is 1. The van der Waals surface area contributed by atoms with Crippen molar-refractivity contribution in [3.63, 3.8) is 0 Å². The second-order valence-corrected chi connectivity index (χ2v) is 12.2. The van der Waals surface area contributed by atoms with Crippen LogP contribution in [0, 0.1) is 0 Å². The van der Waals surface area contributed by atoms with Crippen molar-refractivity contribution in [2.24, 2.45) is 0 Å². The van der Waals surface area contributed by atoms with Crippen LogP contribution in [0.5, 0.6) is 11.5 Å². The van der Waals surface area contributed by atoms with Gasteiger partial charge in [0.25, 0.3) is 0 Å². The topological polar surface area (TPSA) is 105 Å². The third-order valence-electron chi connectivity index (χ3n) is 7.09. The van der Waals surface area contributed by atoms with Crippen molar-refractivity contribution in [3.05, 3.63) is 90.0 Å². The van der Waals surface area contributed by atoms with Crippen molar-refractivity contribution in [1.29, 1.82) is 0 Å². The normalized spacial score (nSPS) is 11.8. The van der Waals surface area contributed by atoms with Crippen LogP contribution in [0.3, 0.4) is 0 Å². The number of carbonyl (C=O) groups excluding carboxylic acids is 2. The standard InChI is InChI=1S/C33H43N3O6S/c1-5-6-21-34-33(38)30(24-26-14-8-7-9-15-26)35(25-27-16-12-17-28(23-27)41-2)32(37)20-13-22-36(43(4,39)40)29-18-10-11-19-31(29)42-3/h7-12,14-19,23,30H,5-6,13,20-22,24-25H2,1-4H3,(H,34,38)/t30-/m1/s1. The third-order valence-corrected chi connectivity index (χ3v) is 8.27. The third kappa shape index (κ3) is 10.0. The summed E-state index contributed by atoms with van der Waals surface area (Å²) in [5.74, 6) is 0.603. The van der Waals surface area contributed by atoms with Crippen LogP contribution < -0.4 is 19.1 Å². The predicted octanol–water partition coefficient (Wildman–Crippen LogP) is 4.81. The zero-order valence-corrected chi connectivity index (χ0v) is 26.3. The van der Waals surface area contributed by atoms with Crippen molar-refractivity contribution in [2.75, 3.05) is 37.9 Å². The fourth-order valence-electron chi connectivity index (χ4n) is 4.85. The molecule has 0 bridgehead atoms. The van der Waals surface area contributed by atoms with Crippen molar-refractivity contribution >= 4 is 27.5 Å². The maximum absolute atomic E-state index is 14.0. The van der Waals surface area contributed by atoms with Crippen LogP contribution in [0.2, 0.25) is 0 Å². The Labute approximate surface area is 255 Å². The van der Waals surface area contributed by atoms with Gasteiger partial charge in [0, 0.05) is 32.5 Å². The predicted molar refractivity (Wildman–Crippen MR) is 170 cm³/mol. The van der Waals surface area contributed by atoms with Gasteiger partial charge in [-0.25, -0.2) is 8.42 Å². The molecule has 0 spiro atoms. The van der Waals surface area contributed by atoms with Gasteiger partial charge in [-0.05, 0) is 48.2 Å². The lowest BCUT2D eigenvalue weighted by Gasteiger charge is -2.32. The highest BCUT2D eigenvalue weighted by atomic mass is 32.2. The molecule has 0 fully saturated rings. The van der Waals surface area contributed by atoms with E-state index in [9.17, 15) is 18.0 Å². The van der Waals surface area contributed by atoms with E-state index in [1.807, 2.05) is 54.6 Å². The summed E-state index contributed by atoms with van der Waals surface area (Å²) >= 11 is 0. The molecule has 9 nitrogen and oxygen atoms in total. The molecule has 0 saturated carbocycles. The number of para-hydroxylation sites is 2. The van der Waals surface area contributed by atoms with Crippen molar-refractivity contribution in [2.45, 2.75) is 51.6 Å². The van der Waals surface area contributed by atoms with Gasteiger partial charge in [0.05, 0.1) is 26.2 Å². The number of benzene rings is 3. The molecule has 3 aromatic carbocycles. The molecular weight excluding hydrogens is 566 g/mol. The number of methoxy groups -OCH3 is 2. The Morgan fingerprint density at radius 1 is 0.884 bits per heavy atom. The zero-order valence-electron chi connectivity index (χ0n) is 25.5. The highest BCUT2D eigenvalue weighted by Crippen LogP contribution is 2.30. The van der Waals surface area contributed by atoms with E-state index in [-0.39, 0.29) is 37.7 Å². The molecule has 232 valence electrons. The molecule has 0 saturated heterocycles. The molecule has 3 rings (SSSR count). The first kappa shape index (κ1) is 33.5. The number of hydrogen-bond acceptors (Lipinski definition) is 6. The summed E-state index contributed by atoms with van der Waals surface area (Å²) in [7, 11) is -0.594. The molecule has 0 heterocycles. The maximum atomic E-state index is 14.0. The molecule has 0 aliphatic carbocycles. The number of anilines is 1. The van der Waals surface area contributed by atoms with E-state index in [2.05, 4.69) is 12.2 Å². The second-order valence-electron chi connectivity index (χ2n) is 10.3. The number of amides is 2. The number of nitrogens with one attached hydrogen (secondary N) is 1. The van der Waals surface area contributed by atoms with Gasteiger partial charge < -0.3 is 19.7 Å². The molecule has 0 aromatic heterocycles. The average Bonchev–Trinajstić information content (AvgIpc) is 3.01. The van der Waals surface area contributed by atoms with Crippen molar-refractivity contribution in [1.82, 2.24) is 10.2 Å². The summed E-state index contributed by atoms with van der Waals surface area (Å²) in [6.45, 7) is 2.84. The van der Waals surface area contributed by atoms with Crippen LogP contribution in [0.15, 0.2) is 78.9 Å². The Morgan fingerprint density at radius 3 is 2.26 bits per heavy atom. The largest absolute Gasteiger partial charge is 0.497 e. The molecule has 1 atom stereocenters. The van der Waals surface area contributed by atoms with Gasteiger partial charge in [-0.3, -0.25) is 13.9 Å². The van der Waals surface area contributed by atoms with Gasteiger partial charge in [-0.15, -0.1) is 0 Å². The van der Waals surface area contributed by atoms with Crippen molar-refractivity contribution < 1.29 is 27.5 Å². The first-order chi connectivity index (χ1) is 20.7. The van der Waals surface area contributed by atoms with E-state index < -0.39 is 16.1 Å². The summed E-state index contributed by atoms with van der Waals surface area (Å²) < 4.78 is 37.5. The fourth-order valence-corrected chi connectivity index (χ4v) is 5.81. The minimum atomic E-state index is -3.66. The van der Waals surface area contributed by atoms with E-state index in [1.54, 1.807) is 36.3 Å². The van der Waals surface area contributed by atoms with E-state index in [1.165, 1.54) is 11.4 Å². The van der Waals surface area contributed by atoms with Gasteiger partial charge in [0.2, 0.25) is 21.8 Å². The van der Waals surface area contributed by atoms with Gasteiger partial charge in [0.1, 0.15) is 17.5 Å². The Kier molecular flexibility index (Phi) is 12.9. The van der Waals surface area contributed by atoms with Gasteiger partial charge in [-0.2, -0.15) is 0 Å². The minimum absolute atomic E-state index is 0.0403. The number of ether oxygens (including phenoxy) is 2. The van der Waals surface area contributed by atoms with E-state index in [0.717, 1.165) is 30.2 Å². The molecule has 0 aliphatic rings. The van der Waals surface area contributed by atoms with E-state index >= 15 is 0 Å². The average molecular weight is 610 g/mol. The van der Waals surface area contributed by atoms with E-state index in [0.29, 0.717) is 30.2 Å². The van der Waals surface area contributed by atoms with Crippen LogP contribution in [0.25, 0.3) is 0 Å². The lowest BCUT2D eigenvalue weighted by atomic mass is 10.0. The molecule has 0 unspecified atom stereocenters. The van der Waals surface area contributed by atoms with Crippen LogP contribution >= 0.6 is 0 Å². The Balaban J connectivity index is 1.90. The zero-order chi connectivity index (χ0) is 31.2. The molecule has 0 aliphatic heterocycles. The number of carbonyl (C=O) groups is 2.